The molecule has 0 aromatic rings. The summed E-state index contributed by atoms with van der Waals surface area (Å²) >= 11 is 0. The Morgan fingerprint density at radius 3 is 2.56 bits per heavy atom. The van der Waals surface area contributed by atoms with Gasteiger partial charge in [-0.15, -0.1) is 0 Å². The van der Waals surface area contributed by atoms with Crippen LogP contribution < -0.4 is 0 Å². The van der Waals surface area contributed by atoms with Crippen molar-refractivity contribution in [2.24, 2.45) is 5.92 Å². The van der Waals surface area contributed by atoms with Crippen LogP contribution in [0.2, 0.25) is 0 Å². The molecule has 2 aliphatic rings. The smallest absolute Gasteiger partial charge is 0.137 e. The number of ketones is 1. The van der Waals surface area contributed by atoms with Crippen molar-refractivity contribution in [2.45, 2.75) is 51.0 Å². The molecule has 0 spiro atoms. The van der Waals surface area contributed by atoms with Gasteiger partial charge in [-0.3, -0.25) is 9.69 Å². The van der Waals surface area contributed by atoms with Crippen LogP contribution in [0.3, 0.4) is 0 Å². The molecule has 0 radical (unpaired) electrons. The summed E-state index contributed by atoms with van der Waals surface area (Å²) in [6.07, 6.45) is 7.71. The maximum atomic E-state index is 11.6. The molecule has 0 aromatic heterocycles. The lowest BCUT2D eigenvalue weighted by atomic mass is 9.90. The van der Waals surface area contributed by atoms with Crippen molar-refractivity contribution in [3.8, 4) is 0 Å². The Balaban J connectivity index is 1.82. The van der Waals surface area contributed by atoms with Gasteiger partial charge in [-0.2, -0.15) is 0 Å². The second-order valence-electron chi connectivity index (χ2n) is 5.21. The molecule has 1 N–H and O–H groups in total. The summed E-state index contributed by atoms with van der Waals surface area (Å²) < 4.78 is 0. The lowest BCUT2D eigenvalue weighted by molar-refractivity contribution is -0.121. The Bertz CT molecular complexity index is 238. The number of carbonyl (C=O) groups is 1. The van der Waals surface area contributed by atoms with Crippen molar-refractivity contribution in [2.75, 3.05) is 19.7 Å². The molecule has 1 unspecified atom stereocenters. The number of nitrogens with zero attached hydrogens (tertiary/aromatic N) is 1. The fourth-order valence-electron chi connectivity index (χ4n) is 2.81. The molecule has 3 heteroatoms. The standard InChI is InChI=1S/C13H23NO2/c15-9-3-8-14(12-5-2-6-12)10-11-4-1-7-13(11)16/h11-12,15H,1-10H2. The van der Waals surface area contributed by atoms with Gasteiger partial charge in [-0.05, 0) is 32.1 Å². The first-order valence-corrected chi connectivity index (χ1v) is 6.69. The van der Waals surface area contributed by atoms with Crippen LogP contribution in [0.25, 0.3) is 0 Å². The van der Waals surface area contributed by atoms with Gasteiger partial charge >= 0.3 is 0 Å². The summed E-state index contributed by atoms with van der Waals surface area (Å²) in [5.74, 6) is 0.757. The van der Waals surface area contributed by atoms with Crippen LogP contribution >= 0.6 is 0 Å². The third-order valence-corrected chi connectivity index (χ3v) is 4.08. The minimum absolute atomic E-state index is 0.266. The van der Waals surface area contributed by atoms with E-state index in [2.05, 4.69) is 4.90 Å². The molecule has 0 bridgehead atoms. The highest BCUT2D eigenvalue weighted by molar-refractivity contribution is 5.83. The third-order valence-electron chi connectivity index (χ3n) is 4.08. The Hall–Kier alpha value is -0.410. The maximum Gasteiger partial charge on any atom is 0.137 e. The first-order chi connectivity index (χ1) is 7.81. The van der Waals surface area contributed by atoms with Crippen LogP contribution in [0.15, 0.2) is 0 Å². The molecule has 2 saturated carbocycles. The van der Waals surface area contributed by atoms with Crippen molar-refractivity contribution in [1.82, 2.24) is 4.90 Å². The second kappa shape index (κ2) is 5.78. The number of aliphatic hydroxyl groups excluding tert-OH is 1. The summed E-state index contributed by atoms with van der Waals surface area (Å²) in [6.45, 7) is 2.18. The summed E-state index contributed by atoms with van der Waals surface area (Å²) in [4.78, 5) is 14.1. The van der Waals surface area contributed by atoms with Crippen molar-refractivity contribution in [3.05, 3.63) is 0 Å². The number of aliphatic hydroxyl groups is 1. The van der Waals surface area contributed by atoms with Crippen LogP contribution in [0.5, 0.6) is 0 Å². The molecule has 0 aliphatic heterocycles. The molecule has 92 valence electrons. The average molecular weight is 225 g/mol. The van der Waals surface area contributed by atoms with E-state index < -0.39 is 0 Å². The average Bonchev–Trinajstić information content (AvgIpc) is 2.58. The number of Topliss-reactive ketones (excluding diaryl/α,β-unsaturated/α-hetero) is 1. The van der Waals surface area contributed by atoms with E-state index in [0.717, 1.165) is 38.8 Å². The van der Waals surface area contributed by atoms with Crippen molar-refractivity contribution < 1.29 is 9.90 Å². The van der Waals surface area contributed by atoms with Gasteiger partial charge in [0.15, 0.2) is 0 Å². The first kappa shape index (κ1) is 12.1. The molecule has 0 aromatic carbocycles. The predicted molar refractivity (Wildman–Crippen MR) is 63.3 cm³/mol. The van der Waals surface area contributed by atoms with Crippen molar-refractivity contribution >= 4 is 5.78 Å². The summed E-state index contributed by atoms with van der Waals surface area (Å²) in [7, 11) is 0. The van der Waals surface area contributed by atoms with E-state index in [1.165, 1.54) is 19.3 Å². The monoisotopic (exact) mass is 225 g/mol. The molecule has 0 amide bonds. The van der Waals surface area contributed by atoms with E-state index in [1.54, 1.807) is 0 Å². The molecule has 1 atom stereocenters. The molecule has 3 nitrogen and oxygen atoms in total. The zero-order valence-electron chi connectivity index (χ0n) is 10.0. The molecule has 2 rings (SSSR count). The summed E-state index contributed by atoms with van der Waals surface area (Å²) in [5, 5.41) is 8.91. The Morgan fingerprint density at radius 2 is 2.06 bits per heavy atom. The molecule has 2 fully saturated rings. The summed E-state index contributed by atoms with van der Waals surface area (Å²) in [5.41, 5.74) is 0. The van der Waals surface area contributed by atoms with Gasteiger partial charge in [-0.1, -0.05) is 6.42 Å². The minimum atomic E-state index is 0.266. The highest BCUT2D eigenvalue weighted by Crippen LogP contribution is 2.29. The lowest BCUT2D eigenvalue weighted by Crippen LogP contribution is -2.44. The zero-order valence-corrected chi connectivity index (χ0v) is 10.0. The van der Waals surface area contributed by atoms with E-state index in [0.29, 0.717) is 17.7 Å². The molecule has 0 saturated heterocycles. The van der Waals surface area contributed by atoms with Crippen LogP contribution in [-0.4, -0.2) is 41.5 Å². The lowest BCUT2D eigenvalue weighted by Gasteiger charge is -2.38. The molecular formula is C13H23NO2. The highest BCUT2D eigenvalue weighted by atomic mass is 16.3. The van der Waals surface area contributed by atoms with Gasteiger partial charge in [0, 0.05) is 38.1 Å². The Morgan fingerprint density at radius 1 is 1.25 bits per heavy atom. The largest absolute Gasteiger partial charge is 0.396 e. The molecule has 0 heterocycles. The molecule has 2 aliphatic carbocycles. The minimum Gasteiger partial charge on any atom is -0.396 e. The first-order valence-electron chi connectivity index (χ1n) is 6.69. The zero-order chi connectivity index (χ0) is 11.4. The third kappa shape index (κ3) is 2.83. The van der Waals surface area contributed by atoms with Crippen LogP contribution in [0.1, 0.15) is 44.9 Å². The topological polar surface area (TPSA) is 40.5 Å². The van der Waals surface area contributed by atoms with E-state index >= 15 is 0 Å². The fourth-order valence-corrected chi connectivity index (χ4v) is 2.81. The van der Waals surface area contributed by atoms with E-state index in [1.807, 2.05) is 0 Å². The van der Waals surface area contributed by atoms with Gasteiger partial charge in [0.2, 0.25) is 0 Å². The number of carbonyl (C=O) groups excluding carboxylic acids is 1. The van der Waals surface area contributed by atoms with Crippen LogP contribution in [0, 0.1) is 5.92 Å². The second-order valence-corrected chi connectivity index (χ2v) is 5.21. The van der Waals surface area contributed by atoms with E-state index in [9.17, 15) is 4.79 Å². The SMILES string of the molecule is O=C1CCCC1CN(CCCO)C1CCC1. The number of hydrogen-bond donors (Lipinski definition) is 1. The van der Waals surface area contributed by atoms with Gasteiger partial charge in [0.25, 0.3) is 0 Å². The van der Waals surface area contributed by atoms with Gasteiger partial charge < -0.3 is 5.11 Å². The Kier molecular flexibility index (Phi) is 4.36. The Labute approximate surface area is 97.8 Å². The van der Waals surface area contributed by atoms with Gasteiger partial charge in [0.1, 0.15) is 5.78 Å². The van der Waals surface area contributed by atoms with E-state index in [4.69, 9.17) is 5.11 Å². The quantitative estimate of drug-likeness (QED) is 0.746. The van der Waals surface area contributed by atoms with Crippen LogP contribution in [0.4, 0.5) is 0 Å². The number of hydrogen-bond acceptors (Lipinski definition) is 3. The normalized spacial score (nSPS) is 26.4. The van der Waals surface area contributed by atoms with Crippen molar-refractivity contribution in [1.29, 1.82) is 0 Å². The molecular weight excluding hydrogens is 202 g/mol. The van der Waals surface area contributed by atoms with E-state index in [-0.39, 0.29) is 6.61 Å². The van der Waals surface area contributed by atoms with Gasteiger partial charge in [0.05, 0.1) is 0 Å². The maximum absolute atomic E-state index is 11.6. The highest BCUT2D eigenvalue weighted by Gasteiger charge is 2.31. The fraction of sp³-hybridized carbons (Fsp3) is 0.923. The predicted octanol–water partition coefficient (Wildman–Crippen LogP) is 1.59. The van der Waals surface area contributed by atoms with Crippen molar-refractivity contribution in [3.63, 3.8) is 0 Å². The van der Waals surface area contributed by atoms with Gasteiger partial charge in [-0.25, -0.2) is 0 Å². The molecule has 16 heavy (non-hydrogen) atoms. The van der Waals surface area contributed by atoms with Crippen LogP contribution in [-0.2, 0) is 4.79 Å². The number of rotatable bonds is 6. The summed E-state index contributed by atoms with van der Waals surface area (Å²) in [6, 6.07) is 0.694.